The lowest BCUT2D eigenvalue weighted by Gasteiger charge is -2.13. The van der Waals surface area contributed by atoms with Gasteiger partial charge < -0.3 is 16.4 Å². The molecular weight excluding hydrogens is 381 g/mol. The number of nitrogens with zero attached hydrogens (tertiary/aromatic N) is 2. The summed E-state index contributed by atoms with van der Waals surface area (Å²) in [6, 6.07) is 16.6. The number of halogens is 2. The fraction of sp³-hybridized carbons (Fsp3) is 0.100. The summed E-state index contributed by atoms with van der Waals surface area (Å²) in [7, 11) is 0. The summed E-state index contributed by atoms with van der Waals surface area (Å²) in [6.45, 7) is 1.35. The van der Waals surface area contributed by atoms with Gasteiger partial charge in [-0.05, 0) is 42.5 Å². The second kappa shape index (κ2) is 8.63. The number of nitriles is 1. The van der Waals surface area contributed by atoms with E-state index in [1.165, 1.54) is 6.20 Å². The zero-order valence-corrected chi connectivity index (χ0v) is 15.8. The minimum Gasteiger partial charge on any atom is -0.398 e. The molecule has 27 heavy (non-hydrogen) atoms. The van der Waals surface area contributed by atoms with Gasteiger partial charge in [0.15, 0.2) is 0 Å². The van der Waals surface area contributed by atoms with Crippen molar-refractivity contribution in [2.45, 2.75) is 0 Å². The molecular formula is C20H17Cl2N5. The molecule has 0 saturated carbocycles. The highest BCUT2D eigenvalue weighted by Crippen LogP contribution is 2.35. The number of pyridine rings is 1. The Morgan fingerprint density at radius 3 is 2.48 bits per heavy atom. The number of benzene rings is 2. The van der Waals surface area contributed by atoms with Gasteiger partial charge in [-0.25, -0.2) is 4.98 Å². The van der Waals surface area contributed by atoms with Crippen molar-refractivity contribution in [1.82, 2.24) is 4.98 Å². The number of hydrogen-bond donors (Lipinski definition) is 3. The Morgan fingerprint density at radius 1 is 0.963 bits per heavy atom. The SMILES string of the molecule is N#Cc1ccc(NCCNc2ccc(N)c(-c3ccc(Cl)cc3Cl)c2)nc1. The van der Waals surface area contributed by atoms with Crippen molar-refractivity contribution in [2.75, 3.05) is 29.5 Å². The first-order valence-electron chi connectivity index (χ1n) is 8.25. The minimum absolute atomic E-state index is 0.536. The molecule has 3 rings (SSSR count). The molecule has 0 aliphatic rings. The van der Waals surface area contributed by atoms with Crippen LogP contribution in [-0.4, -0.2) is 18.1 Å². The Hall–Kier alpha value is -2.94. The summed E-state index contributed by atoms with van der Waals surface area (Å²) in [4.78, 5) is 4.17. The summed E-state index contributed by atoms with van der Waals surface area (Å²) in [5.41, 5.74) is 9.92. The van der Waals surface area contributed by atoms with E-state index >= 15 is 0 Å². The third kappa shape index (κ3) is 4.82. The van der Waals surface area contributed by atoms with Crippen molar-refractivity contribution in [3.05, 3.63) is 70.3 Å². The van der Waals surface area contributed by atoms with Crippen LogP contribution in [0.5, 0.6) is 0 Å². The zero-order chi connectivity index (χ0) is 19.2. The van der Waals surface area contributed by atoms with Gasteiger partial charge in [-0.3, -0.25) is 0 Å². The van der Waals surface area contributed by atoms with Crippen molar-refractivity contribution in [2.24, 2.45) is 0 Å². The third-order valence-corrected chi connectivity index (χ3v) is 4.48. The number of aromatic nitrogens is 1. The molecule has 4 N–H and O–H groups in total. The monoisotopic (exact) mass is 397 g/mol. The van der Waals surface area contributed by atoms with Crippen molar-refractivity contribution in [1.29, 1.82) is 5.26 Å². The largest absolute Gasteiger partial charge is 0.398 e. The highest BCUT2D eigenvalue weighted by atomic mass is 35.5. The van der Waals surface area contributed by atoms with Crippen LogP contribution in [0.25, 0.3) is 11.1 Å². The molecule has 0 amide bonds. The Labute approximate surface area is 167 Å². The predicted molar refractivity (Wildman–Crippen MR) is 112 cm³/mol. The van der Waals surface area contributed by atoms with Gasteiger partial charge in [0.25, 0.3) is 0 Å². The fourth-order valence-corrected chi connectivity index (χ4v) is 3.08. The molecule has 0 unspecified atom stereocenters. The van der Waals surface area contributed by atoms with Gasteiger partial charge in [0, 0.05) is 51.8 Å². The molecule has 5 nitrogen and oxygen atoms in total. The fourth-order valence-electron chi connectivity index (χ4n) is 2.57. The number of hydrogen-bond acceptors (Lipinski definition) is 5. The minimum atomic E-state index is 0.536. The normalized spacial score (nSPS) is 10.3. The first-order valence-corrected chi connectivity index (χ1v) is 9.01. The summed E-state index contributed by atoms with van der Waals surface area (Å²) in [5.74, 6) is 0.724. The van der Waals surface area contributed by atoms with E-state index in [4.69, 9.17) is 34.2 Å². The first-order chi connectivity index (χ1) is 13.1. The number of rotatable bonds is 6. The van der Waals surface area contributed by atoms with Crippen molar-refractivity contribution >= 4 is 40.4 Å². The highest BCUT2D eigenvalue weighted by molar-refractivity contribution is 6.36. The summed E-state index contributed by atoms with van der Waals surface area (Å²) in [5, 5.41) is 16.5. The molecule has 1 aromatic heterocycles. The Balaban J connectivity index is 1.63. The van der Waals surface area contributed by atoms with Crippen LogP contribution in [-0.2, 0) is 0 Å². The first kappa shape index (κ1) is 18.8. The lowest BCUT2D eigenvalue weighted by atomic mass is 10.0. The van der Waals surface area contributed by atoms with E-state index in [0.717, 1.165) is 22.6 Å². The van der Waals surface area contributed by atoms with Crippen LogP contribution in [0.2, 0.25) is 10.0 Å². The number of nitrogens with two attached hydrogens (primary N) is 1. The number of nitrogen functional groups attached to an aromatic ring is 1. The lowest BCUT2D eigenvalue weighted by Crippen LogP contribution is -2.14. The maximum absolute atomic E-state index is 8.78. The van der Waals surface area contributed by atoms with Crippen LogP contribution in [0.1, 0.15) is 5.56 Å². The van der Waals surface area contributed by atoms with E-state index in [9.17, 15) is 0 Å². The van der Waals surface area contributed by atoms with Gasteiger partial charge in [-0.1, -0.05) is 29.3 Å². The van der Waals surface area contributed by atoms with E-state index in [1.54, 1.807) is 24.3 Å². The van der Waals surface area contributed by atoms with Crippen molar-refractivity contribution in [3.8, 4) is 17.2 Å². The van der Waals surface area contributed by atoms with Crippen LogP contribution in [0.4, 0.5) is 17.2 Å². The lowest BCUT2D eigenvalue weighted by molar-refractivity contribution is 1.06. The Morgan fingerprint density at radius 2 is 1.78 bits per heavy atom. The molecule has 0 saturated heterocycles. The number of nitrogens with one attached hydrogen (secondary N) is 2. The molecule has 136 valence electrons. The standard InChI is InChI=1S/C20H17Cl2N5/c21-14-2-4-16(18(22)9-14)17-10-15(3-5-19(17)24)25-7-8-26-20-6-1-13(11-23)12-27-20/h1-6,9-10,12,25H,7-8,24H2,(H,26,27). The maximum atomic E-state index is 8.78. The maximum Gasteiger partial charge on any atom is 0.126 e. The molecule has 3 aromatic rings. The van der Waals surface area contributed by atoms with Crippen LogP contribution in [0.15, 0.2) is 54.7 Å². The number of anilines is 3. The van der Waals surface area contributed by atoms with Crippen molar-refractivity contribution < 1.29 is 0 Å². The quantitative estimate of drug-likeness (QED) is 0.400. The third-order valence-electron chi connectivity index (χ3n) is 3.93. The van der Waals surface area contributed by atoms with E-state index in [0.29, 0.717) is 34.4 Å². The van der Waals surface area contributed by atoms with Crippen LogP contribution in [0.3, 0.4) is 0 Å². The van der Waals surface area contributed by atoms with E-state index < -0.39 is 0 Å². The van der Waals surface area contributed by atoms with Gasteiger partial charge in [-0.15, -0.1) is 0 Å². The van der Waals surface area contributed by atoms with E-state index in [-0.39, 0.29) is 0 Å². The molecule has 1 heterocycles. The molecule has 0 aliphatic heterocycles. The molecule has 7 heteroatoms. The van der Waals surface area contributed by atoms with Crippen LogP contribution in [0, 0.1) is 11.3 Å². The molecule has 0 spiro atoms. The molecule has 0 atom stereocenters. The molecule has 2 aromatic carbocycles. The summed E-state index contributed by atoms with van der Waals surface area (Å²) < 4.78 is 0. The molecule has 0 aliphatic carbocycles. The van der Waals surface area contributed by atoms with Gasteiger partial charge >= 0.3 is 0 Å². The van der Waals surface area contributed by atoms with Gasteiger partial charge in [0.1, 0.15) is 11.9 Å². The highest BCUT2D eigenvalue weighted by Gasteiger charge is 2.09. The topological polar surface area (TPSA) is 86.8 Å². The van der Waals surface area contributed by atoms with Gasteiger partial charge in [0.05, 0.1) is 5.56 Å². The average molecular weight is 398 g/mol. The van der Waals surface area contributed by atoms with E-state index in [1.807, 2.05) is 30.3 Å². The molecule has 0 bridgehead atoms. The Kier molecular flexibility index (Phi) is 6.02. The molecule has 0 fully saturated rings. The second-order valence-electron chi connectivity index (χ2n) is 5.82. The van der Waals surface area contributed by atoms with Gasteiger partial charge in [-0.2, -0.15) is 5.26 Å². The average Bonchev–Trinajstić information content (AvgIpc) is 2.67. The zero-order valence-electron chi connectivity index (χ0n) is 14.3. The summed E-state index contributed by atoms with van der Waals surface area (Å²) >= 11 is 12.3. The Bertz CT molecular complexity index is 981. The van der Waals surface area contributed by atoms with Crippen molar-refractivity contribution in [3.63, 3.8) is 0 Å². The van der Waals surface area contributed by atoms with Crippen LogP contribution < -0.4 is 16.4 Å². The molecule has 0 radical (unpaired) electrons. The van der Waals surface area contributed by atoms with E-state index in [2.05, 4.69) is 15.6 Å². The summed E-state index contributed by atoms with van der Waals surface area (Å²) in [6.07, 6.45) is 1.54. The smallest absolute Gasteiger partial charge is 0.126 e. The second-order valence-corrected chi connectivity index (χ2v) is 6.67. The van der Waals surface area contributed by atoms with Gasteiger partial charge in [0.2, 0.25) is 0 Å². The predicted octanol–water partition coefficient (Wildman–Crippen LogP) is 5.03. The van der Waals surface area contributed by atoms with Crippen LogP contribution >= 0.6 is 23.2 Å².